The van der Waals surface area contributed by atoms with Gasteiger partial charge in [0.2, 0.25) is 0 Å². The van der Waals surface area contributed by atoms with Gasteiger partial charge in [-0.05, 0) is 37.7 Å². The van der Waals surface area contributed by atoms with Crippen LogP contribution in [0.15, 0.2) is 6.07 Å². The zero-order valence-electron chi connectivity index (χ0n) is 11.9. The number of aryl methyl sites for hydroxylation is 2. The molecule has 3 heteroatoms. The van der Waals surface area contributed by atoms with Gasteiger partial charge in [-0.25, -0.2) is 0 Å². The molecule has 0 aromatic carbocycles. The minimum Gasteiger partial charge on any atom is -0.389 e. The lowest BCUT2D eigenvalue weighted by molar-refractivity contribution is 0.0227. The van der Waals surface area contributed by atoms with Gasteiger partial charge in [0.1, 0.15) is 0 Å². The van der Waals surface area contributed by atoms with Crippen molar-refractivity contribution in [3.8, 4) is 0 Å². The van der Waals surface area contributed by atoms with Crippen molar-refractivity contribution in [1.29, 1.82) is 0 Å². The van der Waals surface area contributed by atoms with Crippen molar-refractivity contribution in [1.82, 2.24) is 9.78 Å². The Hall–Kier alpha value is -0.830. The topological polar surface area (TPSA) is 38.0 Å². The highest BCUT2D eigenvalue weighted by atomic mass is 16.3. The fourth-order valence-electron chi connectivity index (χ4n) is 2.99. The molecular formula is C15H26N2O. The summed E-state index contributed by atoms with van der Waals surface area (Å²) < 4.78 is 1.94. The third-order valence-corrected chi connectivity index (χ3v) is 4.34. The second kappa shape index (κ2) is 5.43. The van der Waals surface area contributed by atoms with Crippen LogP contribution in [-0.4, -0.2) is 20.5 Å². The number of hydrogen-bond acceptors (Lipinski definition) is 2. The van der Waals surface area contributed by atoms with Gasteiger partial charge in [-0.1, -0.05) is 26.7 Å². The second-order valence-corrected chi connectivity index (χ2v) is 6.04. The van der Waals surface area contributed by atoms with Gasteiger partial charge in [-0.2, -0.15) is 5.10 Å². The lowest BCUT2D eigenvalue weighted by atomic mass is 9.89. The largest absolute Gasteiger partial charge is 0.389 e. The third-order valence-electron chi connectivity index (χ3n) is 4.34. The molecule has 0 bridgehead atoms. The first kappa shape index (κ1) is 13.6. The highest BCUT2D eigenvalue weighted by Crippen LogP contribution is 2.32. The van der Waals surface area contributed by atoms with E-state index in [-0.39, 0.29) is 0 Å². The summed E-state index contributed by atoms with van der Waals surface area (Å²) in [4.78, 5) is 0. The maximum absolute atomic E-state index is 10.8. The van der Waals surface area contributed by atoms with Crippen LogP contribution in [-0.2, 0) is 19.9 Å². The monoisotopic (exact) mass is 250 g/mol. The highest BCUT2D eigenvalue weighted by Gasteiger charge is 2.31. The Morgan fingerprint density at radius 2 is 2.22 bits per heavy atom. The third kappa shape index (κ3) is 3.14. The summed E-state index contributed by atoms with van der Waals surface area (Å²) in [6, 6.07) is 2.15. The molecule has 1 N–H and O–H groups in total. The molecule has 0 amide bonds. The average molecular weight is 250 g/mol. The number of rotatable bonds is 3. The van der Waals surface area contributed by atoms with Crippen molar-refractivity contribution in [2.75, 3.05) is 0 Å². The minimum atomic E-state index is -0.510. The molecule has 0 aliphatic heterocycles. The predicted octanol–water partition coefficient (Wildman–Crippen LogP) is 2.86. The molecular weight excluding hydrogens is 224 g/mol. The molecule has 1 aromatic rings. The fraction of sp³-hybridized carbons (Fsp3) is 0.800. The van der Waals surface area contributed by atoms with Gasteiger partial charge >= 0.3 is 0 Å². The van der Waals surface area contributed by atoms with Crippen molar-refractivity contribution >= 4 is 0 Å². The predicted molar refractivity (Wildman–Crippen MR) is 73.5 cm³/mol. The van der Waals surface area contributed by atoms with Gasteiger partial charge in [-0.3, -0.25) is 4.68 Å². The number of nitrogens with zero attached hydrogens (tertiary/aromatic N) is 2. The van der Waals surface area contributed by atoms with Crippen molar-refractivity contribution in [2.24, 2.45) is 13.0 Å². The van der Waals surface area contributed by atoms with Crippen molar-refractivity contribution < 1.29 is 5.11 Å². The van der Waals surface area contributed by atoms with Crippen molar-refractivity contribution in [3.63, 3.8) is 0 Å². The SMILES string of the molecule is CCc1cc(CC2(O)CCCC(C)CC2)n(C)n1. The molecule has 1 fully saturated rings. The first-order valence-electron chi connectivity index (χ1n) is 7.26. The Bertz CT molecular complexity index is 399. The van der Waals surface area contributed by atoms with Crippen LogP contribution in [0.25, 0.3) is 0 Å². The molecule has 3 nitrogen and oxygen atoms in total. The van der Waals surface area contributed by atoms with Crippen LogP contribution < -0.4 is 0 Å². The average Bonchev–Trinajstić information content (AvgIpc) is 2.58. The first-order chi connectivity index (χ1) is 8.52. The summed E-state index contributed by atoms with van der Waals surface area (Å²) in [5, 5.41) is 15.3. The molecule has 1 aliphatic rings. The summed E-state index contributed by atoms with van der Waals surface area (Å²) in [6.07, 6.45) is 7.14. The molecule has 1 aliphatic carbocycles. The molecule has 0 spiro atoms. The van der Waals surface area contributed by atoms with E-state index in [9.17, 15) is 5.11 Å². The smallest absolute Gasteiger partial charge is 0.0703 e. The van der Waals surface area contributed by atoms with E-state index in [0.29, 0.717) is 0 Å². The molecule has 2 unspecified atom stereocenters. The van der Waals surface area contributed by atoms with Crippen LogP contribution in [0, 0.1) is 5.92 Å². The van der Waals surface area contributed by atoms with Crippen LogP contribution in [0.4, 0.5) is 0 Å². The Kier molecular flexibility index (Phi) is 4.10. The second-order valence-electron chi connectivity index (χ2n) is 6.04. The Labute approximate surface area is 110 Å². The minimum absolute atomic E-state index is 0.510. The van der Waals surface area contributed by atoms with Gasteiger partial charge in [0.25, 0.3) is 0 Å². The summed E-state index contributed by atoms with van der Waals surface area (Å²) >= 11 is 0. The molecule has 102 valence electrons. The van der Waals surface area contributed by atoms with Crippen molar-refractivity contribution in [3.05, 3.63) is 17.5 Å². The number of aliphatic hydroxyl groups is 1. The lowest BCUT2D eigenvalue weighted by Gasteiger charge is -2.26. The molecule has 0 radical (unpaired) electrons. The molecule has 1 saturated carbocycles. The van der Waals surface area contributed by atoms with Crippen LogP contribution in [0.2, 0.25) is 0 Å². The molecule has 2 rings (SSSR count). The quantitative estimate of drug-likeness (QED) is 0.838. The van der Waals surface area contributed by atoms with E-state index in [0.717, 1.165) is 50.1 Å². The van der Waals surface area contributed by atoms with Gasteiger partial charge in [0, 0.05) is 19.2 Å². The van der Waals surface area contributed by atoms with E-state index in [2.05, 4.69) is 25.0 Å². The zero-order valence-corrected chi connectivity index (χ0v) is 11.9. The number of hydrogen-bond donors (Lipinski definition) is 1. The van der Waals surface area contributed by atoms with E-state index < -0.39 is 5.60 Å². The van der Waals surface area contributed by atoms with Crippen LogP contribution in [0.5, 0.6) is 0 Å². The Balaban J connectivity index is 2.08. The lowest BCUT2D eigenvalue weighted by Crippen LogP contribution is -2.31. The van der Waals surface area contributed by atoms with Crippen molar-refractivity contribution in [2.45, 2.75) is 64.4 Å². The van der Waals surface area contributed by atoms with Gasteiger partial charge in [-0.15, -0.1) is 0 Å². The van der Waals surface area contributed by atoms with E-state index in [1.165, 1.54) is 12.1 Å². The fourth-order valence-corrected chi connectivity index (χ4v) is 2.99. The molecule has 1 heterocycles. The van der Waals surface area contributed by atoms with E-state index in [4.69, 9.17) is 0 Å². The highest BCUT2D eigenvalue weighted by molar-refractivity contribution is 5.13. The molecule has 0 saturated heterocycles. The van der Waals surface area contributed by atoms with Gasteiger partial charge in [0.05, 0.1) is 11.3 Å². The standard InChI is InChI=1S/C15H26N2O/c1-4-13-10-14(17(3)16-13)11-15(18)8-5-6-12(2)7-9-15/h10,12,18H,4-9,11H2,1-3H3. The first-order valence-corrected chi connectivity index (χ1v) is 7.26. The summed E-state index contributed by atoms with van der Waals surface area (Å²) in [7, 11) is 1.98. The number of aromatic nitrogens is 2. The Morgan fingerprint density at radius 1 is 1.44 bits per heavy atom. The van der Waals surface area contributed by atoms with E-state index >= 15 is 0 Å². The van der Waals surface area contributed by atoms with Crippen LogP contribution >= 0.6 is 0 Å². The molecule has 18 heavy (non-hydrogen) atoms. The maximum Gasteiger partial charge on any atom is 0.0703 e. The summed E-state index contributed by atoms with van der Waals surface area (Å²) in [5.41, 5.74) is 1.78. The summed E-state index contributed by atoms with van der Waals surface area (Å²) in [5.74, 6) is 0.761. The normalized spacial score (nSPS) is 29.2. The van der Waals surface area contributed by atoms with Crippen LogP contribution in [0.3, 0.4) is 0 Å². The van der Waals surface area contributed by atoms with Gasteiger partial charge in [0.15, 0.2) is 0 Å². The van der Waals surface area contributed by atoms with Crippen LogP contribution in [0.1, 0.15) is 57.3 Å². The molecule has 1 aromatic heterocycles. The zero-order chi connectivity index (χ0) is 13.2. The molecule has 2 atom stereocenters. The summed E-state index contributed by atoms with van der Waals surface area (Å²) in [6.45, 7) is 4.42. The Morgan fingerprint density at radius 3 is 2.89 bits per heavy atom. The maximum atomic E-state index is 10.8. The van der Waals surface area contributed by atoms with E-state index in [1.54, 1.807) is 0 Å². The van der Waals surface area contributed by atoms with Gasteiger partial charge < -0.3 is 5.11 Å². The van der Waals surface area contributed by atoms with E-state index in [1.807, 2.05) is 11.7 Å².